The van der Waals surface area contributed by atoms with E-state index < -0.39 is 30.5 Å². The van der Waals surface area contributed by atoms with E-state index in [-0.39, 0.29) is 31.7 Å². The molecule has 1 aliphatic heterocycles. The number of carbonyl (C=O) groups is 1. The highest BCUT2D eigenvalue weighted by molar-refractivity contribution is 7.53. The summed E-state index contributed by atoms with van der Waals surface area (Å²) in [5.74, 6) is -1.11. The van der Waals surface area contributed by atoms with Crippen molar-refractivity contribution in [2.45, 2.75) is 54.1 Å². The first-order chi connectivity index (χ1) is 12.5. The van der Waals surface area contributed by atoms with Crippen molar-refractivity contribution in [3.63, 3.8) is 0 Å². The standard InChI is InChI=1S/C17H30N3O6P/c1-8-23-15(21)17(7)12(11-27(22,24-9-2)25-10-3)13(19-20-18)14(26-17)16(4,5)6/h12H,8-11H2,1-7H3. The first-order valence-corrected chi connectivity index (χ1v) is 10.8. The van der Waals surface area contributed by atoms with Gasteiger partial charge in [0, 0.05) is 10.3 Å². The Labute approximate surface area is 160 Å². The zero-order valence-electron chi connectivity index (χ0n) is 17.1. The molecule has 0 spiro atoms. The van der Waals surface area contributed by atoms with Gasteiger partial charge in [-0.05, 0) is 33.2 Å². The van der Waals surface area contributed by atoms with Gasteiger partial charge < -0.3 is 18.5 Å². The van der Waals surface area contributed by atoms with Gasteiger partial charge in [0.05, 0.1) is 37.6 Å². The molecule has 10 heteroatoms. The maximum atomic E-state index is 13.1. The molecule has 9 nitrogen and oxygen atoms in total. The third-order valence-corrected chi connectivity index (χ3v) is 6.23. The Hall–Kier alpha value is -1.53. The molecule has 1 aliphatic rings. The van der Waals surface area contributed by atoms with Crippen LogP contribution in [-0.4, -0.2) is 37.6 Å². The van der Waals surface area contributed by atoms with Gasteiger partial charge >= 0.3 is 13.6 Å². The van der Waals surface area contributed by atoms with E-state index in [0.29, 0.717) is 5.76 Å². The van der Waals surface area contributed by atoms with E-state index in [1.807, 2.05) is 20.8 Å². The van der Waals surface area contributed by atoms with Crippen molar-refractivity contribution < 1.29 is 27.9 Å². The second-order valence-corrected chi connectivity index (χ2v) is 9.37. The number of carbonyl (C=O) groups excluding carboxylic acids is 1. The second kappa shape index (κ2) is 9.11. The smallest absolute Gasteiger partial charge is 0.350 e. The highest BCUT2D eigenvalue weighted by Crippen LogP contribution is 2.57. The van der Waals surface area contributed by atoms with Crippen molar-refractivity contribution >= 4 is 13.6 Å². The summed E-state index contributed by atoms with van der Waals surface area (Å²) >= 11 is 0. The van der Waals surface area contributed by atoms with Crippen LogP contribution >= 0.6 is 7.60 Å². The van der Waals surface area contributed by atoms with Crippen LogP contribution in [0.2, 0.25) is 0 Å². The maximum absolute atomic E-state index is 13.1. The number of rotatable bonds is 9. The highest BCUT2D eigenvalue weighted by atomic mass is 31.2. The molecule has 0 aliphatic carbocycles. The summed E-state index contributed by atoms with van der Waals surface area (Å²) in [4.78, 5) is 15.6. The molecule has 1 heterocycles. The Bertz CT molecular complexity index is 671. The molecule has 0 N–H and O–H groups in total. The van der Waals surface area contributed by atoms with Crippen molar-refractivity contribution in [1.29, 1.82) is 0 Å². The molecule has 0 saturated heterocycles. The zero-order valence-corrected chi connectivity index (χ0v) is 18.0. The molecular weight excluding hydrogens is 373 g/mol. The minimum Gasteiger partial charge on any atom is -0.479 e. The number of hydrogen-bond acceptors (Lipinski definition) is 7. The average Bonchev–Trinajstić information content (AvgIpc) is 2.83. The van der Waals surface area contributed by atoms with E-state index in [0.717, 1.165) is 0 Å². The van der Waals surface area contributed by atoms with Crippen LogP contribution in [0, 0.1) is 11.3 Å². The fraction of sp³-hybridized carbons (Fsp3) is 0.824. The number of ether oxygens (including phenoxy) is 2. The third-order valence-electron chi connectivity index (χ3n) is 4.11. The SMILES string of the molecule is CCOC(=O)C1(C)OC(C(C)(C)C)=C(N=[N+]=[N-])C1CP(=O)(OCC)OCC. The lowest BCUT2D eigenvalue weighted by Crippen LogP contribution is -2.45. The van der Waals surface area contributed by atoms with Gasteiger partial charge in [-0.2, -0.15) is 0 Å². The van der Waals surface area contributed by atoms with Crippen molar-refractivity contribution in [2.24, 2.45) is 16.4 Å². The summed E-state index contributed by atoms with van der Waals surface area (Å²) in [6.45, 7) is 12.7. The summed E-state index contributed by atoms with van der Waals surface area (Å²) < 4.78 is 35.1. The molecule has 0 amide bonds. The van der Waals surface area contributed by atoms with E-state index >= 15 is 0 Å². The lowest BCUT2D eigenvalue weighted by molar-refractivity contribution is -0.167. The van der Waals surface area contributed by atoms with Gasteiger partial charge in [0.15, 0.2) is 0 Å². The van der Waals surface area contributed by atoms with Gasteiger partial charge in [0.25, 0.3) is 0 Å². The molecule has 0 saturated carbocycles. The molecule has 1 rings (SSSR count). The summed E-state index contributed by atoms with van der Waals surface area (Å²) in [6, 6.07) is 0. The number of nitrogens with zero attached hydrogens (tertiary/aromatic N) is 3. The summed E-state index contributed by atoms with van der Waals surface area (Å²) in [5, 5.41) is 3.79. The Kier molecular flexibility index (Phi) is 7.93. The maximum Gasteiger partial charge on any atom is 0.350 e. The number of azide groups is 1. The quantitative estimate of drug-likeness (QED) is 0.179. The van der Waals surface area contributed by atoms with Gasteiger partial charge in [-0.3, -0.25) is 4.57 Å². The fourth-order valence-corrected chi connectivity index (χ4v) is 4.97. The summed E-state index contributed by atoms with van der Waals surface area (Å²) in [7, 11) is -3.55. The lowest BCUT2D eigenvalue weighted by atomic mass is 9.87. The fourth-order valence-electron chi connectivity index (χ4n) is 2.93. The number of allylic oxidation sites excluding steroid dienone is 1. The lowest BCUT2D eigenvalue weighted by Gasteiger charge is -2.32. The van der Waals surface area contributed by atoms with Crippen LogP contribution in [0.1, 0.15) is 48.5 Å². The first-order valence-electron chi connectivity index (χ1n) is 9.03. The number of hydrogen-bond donors (Lipinski definition) is 0. The zero-order chi connectivity index (χ0) is 20.9. The molecule has 0 fully saturated rings. The molecule has 154 valence electrons. The Morgan fingerprint density at radius 3 is 2.22 bits per heavy atom. The predicted octanol–water partition coefficient (Wildman–Crippen LogP) is 4.79. The normalized spacial score (nSPS) is 23.0. The Morgan fingerprint density at radius 2 is 1.81 bits per heavy atom. The van der Waals surface area contributed by atoms with E-state index in [2.05, 4.69) is 10.0 Å². The molecular formula is C17H30N3O6P. The van der Waals surface area contributed by atoms with Crippen LogP contribution in [0.4, 0.5) is 0 Å². The molecule has 0 aromatic heterocycles. The first kappa shape index (κ1) is 23.5. The summed E-state index contributed by atoms with van der Waals surface area (Å²) in [5.41, 5.74) is 7.23. The van der Waals surface area contributed by atoms with Crippen molar-refractivity contribution in [3.8, 4) is 0 Å². The molecule has 0 aromatic carbocycles. The van der Waals surface area contributed by atoms with Crippen molar-refractivity contribution in [3.05, 3.63) is 21.9 Å². The number of esters is 1. The van der Waals surface area contributed by atoms with E-state index in [9.17, 15) is 9.36 Å². The van der Waals surface area contributed by atoms with Crippen molar-refractivity contribution in [2.75, 3.05) is 26.0 Å². The van der Waals surface area contributed by atoms with Crippen LogP contribution in [-0.2, 0) is 27.9 Å². The molecule has 0 radical (unpaired) electrons. The van der Waals surface area contributed by atoms with Crippen molar-refractivity contribution in [1.82, 2.24) is 0 Å². The molecule has 2 unspecified atom stereocenters. The van der Waals surface area contributed by atoms with Crippen LogP contribution in [0.3, 0.4) is 0 Å². The molecule has 0 aromatic rings. The van der Waals surface area contributed by atoms with Crippen LogP contribution < -0.4 is 0 Å². The molecule has 0 bridgehead atoms. The van der Waals surface area contributed by atoms with Gasteiger partial charge in [-0.1, -0.05) is 25.9 Å². The monoisotopic (exact) mass is 403 g/mol. The summed E-state index contributed by atoms with van der Waals surface area (Å²) in [6.07, 6.45) is -0.169. The molecule has 27 heavy (non-hydrogen) atoms. The highest BCUT2D eigenvalue weighted by Gasteiger charge is 2.56. The minimum atomic E-state index is -3.55. The van der Waals surface area contributed by atoms with Crippen LogP contribution in [0.5, 0.6) is 0 Å². The average molecular weight is 403 g/mol. The Morgan fingerprint density at radius 1 is 1.26 bits per heavy atom. The van der Waals surface area contributed by atoms with Crippen LogP contribution in [0.25, 0.3) is 10.4 Å². The van der Waals surface area contributed by atoms with Gasteiger partial charge in [-0.15, -0.1) is 0 Å². The van der Waals surface area contributed by atoms with Gasteiger partial charge in [-0.25, -0.2) is 4.79 Å². The van der Waals surface area contributed by atoms with Gasteiger partial charge in [0.1, 0.15) is 5.76 Å². The van der Waals surface area contributed by atoms with Gasteiger partial charge in [0.2, 0.25) is 5.60 Å². The largest absolute Gasteiger partial charge is 0.479 e. The third kappa shape index (κ3) is 5.26. The molecule has 2 atom stereocenters. The Balaban J connectivity index is 3.54. The van der Waals surface area contributed by atoms with E-state index in [1.165, 1.54) is 0 Å². The second-order valence-electron chi connectivity index (χ2n) is 7.27. The topological polar surface area (TPSA) is 120 Å². The minimum absolute atomic E-state index is 0.154. The van der Waals surface area contributed by atoms with E-state index in [4.69, 9.17) is 24.1 Å². The van der Waals surface area contributed by atoms with Crippen LogP contribution in [0.15, 0.2) is 16.6 Å². The van der Waals surface area contributed by atoms with E-state index in [1.54, 1.807) is 27.7 Å². The predicted molar refractivity (Wildman–Crippen MR) is 101 cm³/mol.